The molecule has 0 radical (unpaired) electrons. The third-order valence-electron chi connectivity index (χ3n) is 2.80. The number of thiazole rings is 1. The Morgan fingerprint density at radius 3 is 2.80 bits per heavy atom. The van der Waals surface area contributed by atoms with Crippen molar-refractivity contribution in [1.29, 1.82) is 0 Å². The molecule has 0 aliphatic rings. The third-order valence-corrected chi connectivity index (χ3v) is 4.90. The molecule has 1 heterocycles. The van der Waals surface area contributed by atoms with Gasteiger partial charge in [0.05, 0.1) is 25.0 Å². The zero-order valence-electron chi connectivity index (χ0n) is 11.6. The van der Waals surface area contributed by atoms with Gasteiger partial charge in [-0.3, -0.25) is 4.79 Å². The van der Waals surface area contributed by atoms with Crippen LogP contribution in [0.2, 0.25) is 0 Å². The number of hydrogen-bond donors (Lipinski definition) is 0. The summed E-state index contributed by atoms with van der Waals surface area (Å²) < 4.78 is 4.63. The quantitative estimate of drug-likeness (QED) is 0.600. The molecule has 1 aromatic carbocycles. The van der Waals surface area contributed by atoms with E-state index in [4.69, 9.17) is 0 Å². The number of nitrogens with zero attached hydrogens (tertiary/aromatic N) is 1. The second-order valence-electron chi connectivity index (χ2n) is 4.41. The monoisotopic (exact) mass is 307 g/mol. The van der Waals surface area contributed by atoms with Crippen molar-refractivity contribution in [1.82, 2.24) is 4.98 Å². The topological polar surface area (TPSA) is 39.2 Å². The van der Waals surface area contributed by atoms with E-state index in [1.54, 1.807) is 23.1 Å². The molecule has 2 rings (SSSR count). The molecule has 0 aliphatic carbocycles. The van der Waals surface area contributed by atoms with E-state index in [1.807, 2.05) is 5.38 Å². The number of aromatic nitrogens is 1. The molecule has 20 heavy (non-hydrogen) atoms. The largest absolute Gasteiger partial charge is 0.469 e. The van der Waals surface area contributed by atoms with Crippen molar-refractivity contribution in [2.24, 2.45) is 0 Å². The van der Waals surface area contributed by atoms with Crippen molar-refractivity contribution in [3.8, 4) is 0 Å². The van der Waals surface area contributed by atoms with Crippen LogP contribution < -0.4 is 0 Å². The summed E-state index contributed by atoms with van der Waals surface area (Å²) in [4.78, 5) is 16.9. The lowest BCUT2D eigenvalue weighted by Gasteiger charge is -1.99. The molecular weight excluding hydrogens is 290 g/mol. The molecular formula is C15H17NO2S2. The Morgan fingerprint density at radius 2 is 2.10 bits per heavy atom. The molecule has 0 aliphatic heterocycles. The number of thioether (sulfide) groups is 1. The zero-order chi connectivity index (χ0) is 14.4. The van der Waals surface area contributed by atoms with Crippen molar-refractivity contribution < 1.29 is 9.53 Å². The van der Waals surface area contributed by atoms with Gasteiger partial charge in [0.2, 0.25) is 0 Å². The molecule has 0 bridgehead atoms. The fraction of sp³-hybridized carbons (Fsp3) is 0.333. The van der Waals surface area contributed by atoms with Crippen molar-refractivity contribution in [3.63, 3.8) is 0 Å². The minimum atomic E-state index is -0.186. The lowest BCUT2D eigenvalue weighted by Crippen LogP contribution is -2.02. The highest BCUT2D eigenvalue weighted by Crippen LogP contribution is 2.25. The van der Waals surface area contributed by atoms with Crippen LogP contribution in [-0.2, 0) is 21.7 Å². The molecule has 0 saturated heterocycles. The summed E-state index contributed by atoms with van der Waals surface area (Å²) in [6.45, 7) is 2.09. The van der Waals surface area contributed by atoms with Gasteiger partial charge >= 0.3 is 5.97 Å². The molecule has 0 unspecified atom stereocenters. The van der Waals surface area contributed by atoms with Gasteiger partial charge in [0, 0.05) is 16.7 Å². The summed E-state index contributed by atoms with van der Waals surface area (Å²) in [5.41, 5.74) is 2.24. The van der Waals surface area contributed by atoms with Crippen molar-refractivity contribution in [2.75, 3.05) is 7.11 Å². The molecule has 1 aromatic heterocycles. The standard InChI is InChI=1S/C15H17NO2S2/c1-11-3-6-13(7-4-11)19-10-14-16-12(9-20-14)5-8-15(17)18-2/h3-4,6-7,9H,5,8,10H2,1-2H3. The van der Waals surface area contributed by atoms with Crippen LogP contribution in [0.25, 0.3) is 0 Å². The minimum Gasteiger partial charge on any atom is -0.469 e. The fourth-order valence-electron chi connectivity index (χ4n) is 1.64. The minimum absolute atomic E-state index is 0.186. The predicted octanol–water partition coefficient (Wildman–Crippen LogP) is 3.85. The fourth-order valence-corrected chi connectivity index (χ4v) is 3.39. The smallest absolute Gasteiger partial charge is 0.305 e. The van der Waals surface area contributed by atoms with Crippen LogP contribution in [0.4, 0.5) is 0 Å². The number of hydrogen-bond acceptors (Lipinski definition) is 5. The first-order valence-corrected chi connectivity index (χ1v) is 8.23. The van der Waals surface area contributed by atoms with Crippen molar-refractivity contribution in [2.45, 2.75) is 30.4 Å². The van der Waals surface area contributed by atoms with E-state index in [0.29, 0.717) is 12.8 Å². The molecule has 106 valence electrons. The SMILES string of the molecule is COC(=O)CCc1csc(CSc2ccc(C)cc2)n1. The number of benzene rings is 1. The zero-order valence-corrected chi connectivity index (χ0v) is 13.2. The summed E-state index contributed by atoms with van der Waals surface area (Å²) in [6.07, 6.45) is 1.04. The number of carbonyl (C=O) groups is 1. The van der Waals surface area contributed by atoms with Gasteiger partial charge < -0.3 is 4.74 Å². The maximum Gasteiger partial charge on any atom is 0.305 e. The summed E-state index contributed by atoms with van der Waals surface area (Å²) in [7, 11) is 1.41. The van der Waals surface area contributed by atoms with E-state index < -0.39 is 0 Å². The Morgan fingerprint density at radius 1 is 1.35 bits per heavy atom. The van der Waals surface area contributed by atoms with E-state index in [9.17, 15) is 4.79 Å². The molecule has 5 heteroatoms. The number of methoxy groups -OCH3 is 1. The van der Waals surface area contributed by atoms with Crippen LogP contribution in [-0.4, -0.2) is 18.1 Å². The van der Waals surface area contributed by atoms with E-state index in [2.05, 4.69) is 40.9 Å². The number of rotatable bonds is 6. The second kappa shape index (κ2) is 7.45. The van der Waals surface area contributed by atoms with Gasteiger partial charge in [0.1, 0.15) is 5.01 Å². The Bertz CT molecular complexity index is 564. The molecule has 0 fully saturated rings. The molecule has 0 N–H and O–H groups in total. The number of carbonyl (C=O) groups excluding carboxylic acids is 1. The molecule has 0 saturated carbocycles. The average Bonchev–Trinajstić information content (AvgIpc) is 2.92. The van der Waals surface area contributed by atoms with E-state index in [-0.39, 0.29) is 5.97 Å². The summed E-state index contributed by atoms with van der Waals surface area (Å²) in [5, 5.41) is 3.11. The van der Waals surface area contributed by atoms with E-state index >= 15 is 0 Å². The van der Waals surface area contributed by atoms with Gasteiger partial charge in [0.25, 0.3) is 0 Å². The van der Waals surface area contributed by atoms with Gasteiger partial charge in [-0.05, 0) is 19.1 Å². The first-order chi connectivity index (χ1) is 9.67. The van der Waals surface area contributed by atoms with Crippen LogP contribution in [0.1, 0.15) is 22.7 Å². The molecule has 0 atom stereocenters. The first kappa shape index (κ1) is 15.1. The summed E-state index contributed by atoms with van der Waals surface area (Å²) >= 11 is 3.43. The Hall–Kier alpha value is -1.33. The summed E-state index contributed by atoms with van der Waals surface area (Å²) in [6, 6.07) is 8.50. The van der Waals surface area contributed by atoms with Crippen molar-refractivity contribution >= 4 is 29.1 Å². The Balaban J connectivity index is 1.83. The first-order valence-electron chi connectivity index (χ1n) is 6.37. The molecule has 0 spiro atoms. The van der Waals surface area contributed by atoms with Crippen LogP contribution in [0.3, 0.4) is 0 Å². The van der Waals surface area contributed by atoms with E-state index in [0.717, 1.165) is 16.5 Å². The van der Waals surface area contributed by atoms with Crippen LogP contribution in [0.15, 0.2) is 34.5 Å². The third kappa shape index (κ3) is 4.65. The maximum absolute atomic E-state index is 11.1. The van der Waals surface area contributed by atoms with Gasteiger partial charge in [-0.1, -0.05) is 17.7 Å². The highest BCUT2D eigenvalue weighted by molar-refractivity contribution is 7.98. The van der Waals surface area contributed by atoms with Crippen LogP contribution in [0, 0.1) is 6.92 Å². The second-order valence-corrected chi connectivity index (χ2v) is 6.40. The van der Waals surface area contributed by atoms with Gasteiger partial charge in [-0.15, -0.1) is 23.1 Å². The van der Waals surface area contributed by atoms with Gasteiger partial charge in [0.15, 0.2) is 0 Å². The summed E-state index contributed by atoms with van der Waals surface area (Å²) in [5.74, 6) is 0.681. The van der Waals surface area contributed by atoms with Gasteiger partial charge in [-0.2, -0.15) is 0 Å². The van der Waals surface area contributed by atoms with Gasteiger partial charge in [-0.25, -0.2) is 4.98 Å². The number of esters is 1. The lowest BCUT2D eigenvalue weighted by atomic mass is 10.2. The Kier molecular flexibility index (Phi) is 5.61. The Labute approximate surface area is 127 Å². The van der Waals surface area contributed by atoms with Crippen LogP contribution in [0.5, 0.6) is 0 Å². The predicted molar refractivity (Wildman–Crippen MR) is 83.2 cm³/mol. The van der Waals surface area contributed by atoms with E-state index in [1.165, 1.54) is 17.6 Å². The molecule has 0 amide bonds. The number of aryl methyl sites for hydroxylation is 2. The molecule has 2 aromatic rings. The van der Waals surface area contributed by atoms with Crippen molar-refractivity contribution in [3.05, 3.63) is 45.9 Å². The van der Waals surface area contributed by atoms with Crippen LogP contribution >= 0.6 is 23.1 Å². The average molecular weight is 307 g/mol. The normalized spacial score (nSPS) is 10.5. The maximum atomic E-state index is 11.1. The highest BCUT2D eigenvalue weighted by Gasteiger charge is 2.06. The number of ether oxygens (including phenoxy) is 1. The lowest BCUT2D eigenvalue weighted by molar-refractivity contribution is -0.140. The highest BCUT2D eigenvalue weighted by atomic mass is 32.2. The molecule has 3 nitrogen and oxygen atoms in total.